The molecule has 2 N–H and O–H groups in total. The average Bonchev–Trinajstić information content (AvgIpc) is 2.52. The van der Waals surface area contributed by atoms with Crippen molar-refractivity contribution in [1.29, 1.82) is 0 Å². The van der Waals surface area contributed by atoms with Gasteiger partial charge in [0.25, 0.3) is 0 Å². The Hall–Kier alpha value is -0.130. The molecule has 12 heavy (non-hydrogen) atoms. The summed E-state index contributed by atoms with van der Waals surface area (Å²) in [6.45, 7) is 3.53. The molecule has 0 saturated carbocycles. The predicted octanol–water partition coefficient (Wildman–Crippen LogP) is -0.383. The molecule has 1 aliphatic rings. The Morgan fingerprint density at radius 3 is 2.67 bits per heavy atom. The number of nitrogens with zero attached hydrogens (tertiary/aromatic N) is 1. The molecule has 0 aromatic carbocycles. The molecule has 0 bridgehead atoms. The van der Waals surface area contributed by atoms with Crippen LogP contribution in [-0.2, 0) is 10.0 Å². The third-order valence-corrected chi connectivity index (χ3v) is 4.19. The first-order chi connectivity index (χ1) is 5.60. The lowest BCUT2D eigenvalue weighted by atomic mass is 10.1. The average molecular weight is 192 g/mol. The van der Waals surface area contributed by atoms with Crippen molar-refractivity contribution >= 4 is 10.0 Å². The van der Waals surface area contributed by atoms with Crippen molar-refractivity contribution in [2.24, 2.45) is 11.7 Å². The topological polar surface area (TPSA) is 63.4 Å². The molecule has 1 atom stereocenters. The van der Waals surface area contributed by atoms with Crippen LogP contribution in [0, 0.1) is 5.92 Å². The highest BCUT2D eigenvalue weighted by Crippen LogP contribution is 2.18. The minimum Gasteiger partial charge on any atom is -0.330 e. The number of nitrogens with two attached hydrogens (primary N) is 1. The highest BCUT2D eigenvalue weighted by molar-refractivity contribution is 7.89. The molecule has 0 radical (unpaired) electrons. The fraction of sp³-hybridized carbons (Fsp3) is 1.00. The first-order valence-corrected chi connectivity index (χ1v) is 5.89. The fourth-order valence-electron chi connectivity index (χ4n) is 1.42. The van der Waals surface area contributed by atoms with Crippen LogP contribution in [0.15, 0.2) is 0 Å². The molecule has 1 fully saturated rings. The van der Waals surface area contributed by atoms with Gasteiger partial charge in [0.15, 0.2) is 0 Å². The summed E-state index contributed by atoms with van der Waals surface area (Å²) in [5.41, 5.74) is 5.46. The van der Waals surface area contributed by atoms with E-state index in [-0.39, 0.29) is 5.75 Å². The zero-order chi connectivity index (χ0) is 9.19. The summed E-state index contributed by atoms with van der Waals surface area (Å²) in [6, 6.07) is 0. The Bertz CT molecular complexity index is 238. The summed E-state index contributed by atoms with van der Waals surface area (Å²) in [7, 11) is -2.96. The standard InChI is InChI=1S/C7H16N2O2S/c1-2-12(10,11)9-4-3-7(5-8)6-9/h7H,2-6,8H2,1H3. The Balaban J connectivity index is 2.58. The van der Waals surface area contributed by atoms with E-state index in [9.17, 15) is 8.42 Å². The lowest BCUT2D eigenvalue weighted by Crippen LogP contribution is -2.31. The van der Waals surface area contributed by atoms with Crippen molar-refractivity contribution in [2.45, 2.75) is 13.3 Å². The normalized spacial score (nSPS) is 26.3. The molecular formula is C7H16N2O2S. The van der Waals surface area contributed by atoms with Gasteiger partial charge in [0.05, 0.1) is 5.75 Å². The molecule has 4 nitrogen and oxygen atoms in total. The minimum atomic E-state index is -2.96. The zero-order valence-electron chi connectivity index (χ0n) is 7.36. The van der Waals surface area contributed by atoms with Crippen LogP contribution in [0.4, 0.5) is 0 Å². The Kier molecular flexibility index (Phi) is 3.09. The van der Waals surface area contributed by atoms with Gasteiger partial charge < -0.3 is 5.73 Å². The van der Waals surface area contributed by atoms with Crippen LogP contribution in [0.2, 0.25) is 0 Å². The third kappa shape index (κ3) is 1.97. The summed E-state index contributed by atoms with van der Waals surface area (Å²) in [6.07, 6.45) is 0.912. The van der Waals surface area contributed by atoms with E-state index in [4.69, 9.17) is 5.73 Å². The van der Waals surface area contributed by atoms with E-state index in [0.717, 1.165) is 6.42 Å². The zero-order valence-corrected chi connectivity index (χ0v) is 8.18. The summed E-state index contributed by atoms with van der Waals surface area (Å²) in [5, 5.41) is 0. The Morgan fingerprint density at radius 2 is 2.25 bits per heavy atom. The summed E-state index contributed by atoms with van der Waals surface area (Å²) in [4.78, 5) is 0. The van der Waals surface area contributed by atoms with Crippen molar-refractivity contribution in [2.75, 3.05) is 25.4 Å². The van der Waals surface area contributed by atoms with Gasteiger partial charge in [-0.2, -0.15) is 0 Å². The van der Waals surface area contributed by atoms with E-state index >= 15 is 0 Å². The van der Waals surface area contributed by atoms with Gasteiger partial charge in [-0.05, 0) is 25.8 Å². The molecule has 0 aromatic rings. The lowest BCUT2D eigenvalue weighted by molar-refractivity contribution is 0.460. The van der Waals surface area contributed by atoms with E-state index in [1.807, 2.05) is 0 Å². The minimum absolute atomic E-state index is 0.199. The quantitative estimate of drug-likeness (QED) is 0.663. The molecule has 0 aliphatic carbocycles. The summed E-state index contributed by atoms with van der Waals surface area (Å²) < 4.78 is 24.2. The van der Waals surface area contributed by atoms with Crippen molar-refractivity contribution in [3.05, 3.63) is 0 Å². The molecule has 0 amide bonds. The number of hydrogen-bond acceptors (Lipinski definition) is 3. The SMILES string of the molecule is CCS(=O)(=O)N1CCC(CN)C1. The van der Waals surface area contributed by atoms with E-state index < -0.39 is 10.0 Å². The first kappa shape index (κ1) is 9.95. The second-order valence-corrected chi connectivity index (χ2v) is 5.41. The molecule has 0 spiro atoms. The molecular weight excluding hydrogens is 176 g/mol. The van der Waals surface area contributed by atoms with Gasteiger partial charge in [0.2, 0.25) is 10.0 Å². The van der Waals surface area contributed by atoms with Crippen LogP contribution in [0.1, 0.15) is 13.3 Å². The molecule has 72 valence electrons. The summed E-state index contributed by atoms with van der Waals surface area (Å²) >= 11 is 0. The highest BCUT2D eigenvalue weighted by Gasteiger charge is 2.28. The monoisotopic (exact) mass is 192 g/mol. The maximum absolute atomic E-state index is 11.3. The maximum atomic E-state index is 11.3. The highest BCUT2D eigenvalue weighted by atomic mass is 32.2. The van der Waals surface area contributed by atoms with Gasteiger partial charge in [0, 0.05) is 13.1 Å². The van der Waals surface area contributed by atoms with Crippen molar-refractivity contribution in [1.82, 2.24) is 4.31 Å². The smallest absolute Gasteiger partial charge is 0.213 e. The van der Waals surface area contributed by atoms with Gasteiger partial charge in [-0.15, -0.1) is 0 Å². The molecule has 1 heterocycles. The van der Waals surface area contributed by atoms with Gasteiger partial charge >= 0.3 is 0 Å². The van der Waals surface area contributed by atoms with Crippen LogP contribution in [0.5, 0.6) is 0 Å². The Morgan fingerprint density at radius 1 is 1.58 bits per heavy atom. The predicted molar refractivity (Wildman–Crippen MR) is 48.2 cm³/mol. The largest absolute Gasteiger partial charge is 0.330 e. The second-order valence-electron chi connectivity index (χ2n) is 3.15. The Labute approximate surface area is 73.8 Å². The number of hydrogen-bond donors (Lipinski definition) is 1. The van der Waals surface area contributed by atoms with E-state index in [0.29, 0.717) is 25.6 Å². The molecule has 5 heteroatoms. The molecule has 1 rings (SSSR count). The van der Waals surface area contributed by atoms with Crippen LogP contribution in [0.3, 0.4) is 0 Å². The van der Waals surface area contributed by atoms with Crippen LogP contribution >= 0.6 is 0 Å². The molecule has 1 unspecified atom stereocenters. The van der Waals surface area contributed by atoms with Crippen molar-refractivity contribution < 1.29 is 8.42 Å². The molecule has 1 saturated heterocycles. The number of sulfonamides is 1. The van der Waals surface area contributed by atoms with E-state index in [2.05, 4.69) is 0 Å². The van der Waals surface area contributed by atoms with Gasteiger partial charge in [-0.1, -0.05) is 0 Å². The van der Waals surface area contributed by atoms with Crippen molar-refractivity contribution in [3.8, 4) is 0 Å². The van der Waals surface area contributed by atoms with Crippen LogP contribution < -0.4 is 5.73 Å². The fourth-order valence-corrected chi connectivity index (χ4v) is 2.61. The van der Waals surface area contributed by atoms with Gasteiger partial charge in [-0.3, -0.25) is 0 Å². The van der Waals surface area contributed by atoms with Gasteiger partial charge in [0.1, 0.15) is 0 Å². The molecule has 0 aromatic heterocycles. The second kappa shape index (κ2) is 3.72. The first-order valence-electron chi connectivity index (χ1n) is 4.28. The third-order valence-electron chi connectivity index (χ3n) is 2.34. The van der Waals surface area contributed by atoms with Gasteiger partial charge in [-0.25, -0.2) is 12.7 Å². The van der Waals surface area contributed by atoms with Crippen LogP contribution in [-0.4, -0.2) is 38.1 Å². The molecule has 1 aliphatic heterocycles. The lowest BCUT2D eigenvalue weighted by Gasteiger charge is -2.14. The maximum Gasteiger partial charge on any atom is 0.213 e. The summed E-state index contributed by atoms with van der Waals surface area (Å²) in [5.74, 6) is 0.566. The van der Waals surface area contributed by atoms with Crippen molar-refractivity contribution in [3.63, 3.8) is 0 Å². The van der Waals surface area contributed by atoms with E-state index in [1.54, 1.807) is 11.2 Å². The van der Waals surface area contributed by atoms with E-state index in [1.165, 1.54) is 0 Å². The van der Waals surface area contributed by atoms with Crippen LogP contribution in [0.25, 0.3) is 0 Å². The number of rotatable bonds is 3.